The van der Waals surface area contributed by atoms with Crippen LogP contribution in [0.25, 0.3) is 0 Å². The van der Waals surface area contributed by atoms with E-state index in [1.165, 1.54) is 11.0 Å². The topological polar surface area (TPSA) is 55.9 Å². The minimum atomic E-state index is -4.40. The second-order valence-electron chi connectivity index (χ2n) is 8.94. The summed E-state index contributed by atoms with van der Waals surface area (Å²) in [7, 11) is 0. The molecule has 0 spiro atoms. The highest BCUT2D eigenvalue weighted by molar-refractivity contribution is 6.09. The Morgan fingerprint density at radius 3 is 1.92 bits per heavy atom. The summed E-state index contributed by atoms with van der Waals surface area (Å²) >= 11 is 0. The number of rotatable bonds is 5. The molecule has 2 aliphatic rings. The number of hydrogen-bond acceptors (Lipinski definition) is 4. The lowest BCUT2D eigenvalue weighted by Crippen LogP contribution is -2.52. The number of imide groups is 1. The zero-order valence-corrected chi connectivity index (χ0v) is 19.4. The maximum atomic E-state index is 13.8. The molecule has 186 valence electrons. The van der Waals surface area contributed by atoms with Crippen molar-refractivity contribution in [2.45, 2.75) is 11.7 Å². The molecule has 0 aliphatic carbocycles. The van der Waals surface area contributed by atoms with Gasteiger partial charge in [-0.1, -0.05) is 66.7 Å². The Labute approximate surface area is 206 Å². The first-order chi connectivity index (χ1) is 17.3. The fourth-order valence-electron chi connectivity index (χ4n) is 4.87. The average Bonchev–Trinajstić information content (AvgIpc) is 3.15. The Morgan fingerprint density at radius 2 is 1.36 bits per heavy atom. The second kappa shape index (κ2) is 9.31. The van der Waals surface area contributed by atoms with Crippen molar-refractivity contribution in [1.29, 1.82) is 0 Å². The molecule has 2 saturated heterocycles. The van der Waals surface area contributed by atoms with Crippen LogP contribution in [0.1, 0.15) is 16.7 Å². The Bertz CT molecular complexity index is 1200. The van der Waals surface area contributed by atoms with Crippen LogP contribution in [0.5, 0.6) is 0 Å². The summed E-state index contributed by atoms with van der Waals surface area (Å²) in [5, 5.41) is 2.94. The van der Waals surface area contributed by atoms with Crippen molar-refractivity contribution >= 4 is 17.6 Å². The van der Waals surface area contributed by atoms with E-state index in [4.69, 9.17) is 0 Å². The van der Waals surface area contributed by atoms with E-state index in [0.29, 0.717) is 43.0 Å². The number of anilines is 1. The molecule has 0 saturated carbocycles. The molecule has 9 heteroatoms. The Balaban J connectivity index is 1.32. The van der Waals surface area contributed by atoms with E-state index in [1.54, 1.807) is 6.07 Å². The average molecular weight is 495 g/mol. The standard InChI is InChI=1S/C27H25F3N4O2/c28-27(29,30)22-12-7-13-23(18-22)33-16-14-32(15-17-33)19-34-24(35)26(31-25(34)36,20-8-3-1-4-9-20)21-10-5-2-6-11-21/h1-13,18H,14-17,19H2,(H,31,36). The van der Waals surface area contributed by atoms with Crippen LogP contribution in [-0.2, 0) is 16.5 Å². The normalized spacial score (nSPS) is 18.4. The van der Waals surface area contributed by atoms with Gasteiger partial charge in [-0.2, -0.15) is 13.2 Å². The number of nitrogens with zero attached hydrogens (tertiary/aromatic N) is 3. The lowest BCUT2D eigenvalue weighted by atomic mass is 9.83. The Kier molecular flexibility index (Phi) is 6.17. The molecule has 6 nitrogen and oxygen atoms in total. The molecular weight excluding hydrogens is 469 g/mol. The lowest BCUT2D eigenvalue weighted by molar-refractivity contribution is -0.137. The number of halogens is 3. The first-order valence-electron chi connectivity index (χ1n) is 11.7. The molecule has 3 aromatic carbocycles. The number of benzene rings is 3. The number of piperazine rings is 1. The van der Waals surface area contributed by atoms with Gasteiger partial charge >= 0.3 is 12.2 Å². The third kappa shape index (κ3) is 4.30. The Hall–Kier alpha value is -3.85. The van der Waals surface area contributed by atoms with E-state index in [9.17, 15) is 22.8 Å². The SMILES string of the molecule is O=C1NC(c2ccccc2)(c2ccccc2)C(=O)N1CN1CCN(c2cccc(C(F)(F)F)c2)CC1. The summed E-state index contributed by atoms with van der Waals surface area (Å²) in [6.07, 6.45) is -4.40. The van der Waals surface area contributed by atoms with Crippen molar-refractivity contribution in [3.63, 3.8) is 0 Å². The molecule has 5 rings (SSSR count). The highest BCUT2D eigenvalue weighted by Crippen LogP contribution is 2.36. The molecule has 0 atom stereocenters. The van der Waals surface area contributed by atoms with Crippen LogP contribution in [0.2, 0.25) is 0 Å². The maximum Gasteiger partial charge on any atom is 0.416 e. The van der Waals surface area contributed by atoms with Gasteiger partial charge in [0.05, 0.1) is 12.2 Å². The predicted octanol–water partition coefficient (Wildman–Crippen LogP) is 4.28. The first kappa shape index (κ1) is 23.9. The third-order valence-corrected chi connectivity index (χ3v) is 6.77. The van der Waals surface area contributed by atoms with Gasteiger partial charge < -0.3 is 10.2 Å². The second-order valence-corrected chi connectivity index (χ2v) is 8.94. The van der Waals surface area contributed by atoms with Gasteiger partial charge in [0.1, 0.15) is 0 Å². The van der Waals surface area contributed by atoms with Crippen LogP contribution in [0.4, 0.5) is 23.7 Å². The highest BCUT2D eigenvalue weighted by Gasteiger charge is 2.54. The van der Waals surface area contributed by atoms with Crippen molar-refractivity contribution in [2.24, 2.45) is 0 Å². The van der Waals surface area contributed by atoms with Crippen molar-refractivity contribution < 1.29 is 22.8 Å². The van der Waals surface area contributed by atoms with Crippen LogP contribution in [-0.4, -0.2) is 54.6 Å². The molecular formula is C27H25F3N4O2. The molecule has 0 unspecified atom stereocenters. The van der Waals surface area contributed by atoms with Crippen LogP contribution < -0.4 is 10.2 Å². The van der Waals surface area contributed by atoms with Gasteiger partial charge in [0.2, 0.25) is 0 Å². The highest BCUT2D eigenvalue weighted by atomic mass is 19.4. The van der Waals surface area contributed by atoms with E-state index < -0.39 is 23.3 Å². The fraction of sp³-hybridized carbons (Fsp3) is 0.259. The number of urea groups is 1. The van der Waals surface area contributed by atoms with Crippen molar-refractivity contribution in [2.75, 3.05) is 37.7 Å². The molecule has 1 N–H and O–H groups in total. The number of carbonyl (C=O) groups is 2. The maximum absolute atomic E-state index is 13.8. The lowest BCUT2D eigenvalue weighted by Gasteiger charge is -2.37. The fourth-order valence-corrected chi connectivity index (χ4v) is 4.87. The molecule has 2 aliphatic heterocycles. The minimum Gasteiger partial charge on any atom is -0.369 e. The van der Waals surface area contributed by atoms with E-state index in [0.717, 1.165) is 12.1 Å². The number of carbonyl (C=O) groups excluding carboxylic acids is 2. The number of hydrogen-bond donors (Lipinski definition) is 1. The van der Waals surface area contributed by atoms with Crippen LogP contribution in [0.3, 0.4) is 0 Å². The van der Waals surface area contributed by atoms with Gasteiger partial charge in [0.15, 0.2) is 5.54 Å². The first-order valence-corrected chi connectivity index (χ1v) is 11.7. The molecule has 36 heavy (non-hydrogen) atoms. The van der Waals surface area contributed by atoms with Gasteiger partial charge in [-0.15, -0.1) is 0 Å². The van der Waals surface area contributed by atoms with Crippen molar-refractivity contribution in [3.05, 3.63) is 102 Å². The third-order valence-electron chi connectivity index (χ3n) is 6.77. The Morgan fingerprint density at radius 1 is 0.778 bits per heavy atom. The minimum absolute atomic E-state index is 0.0997. The van der Waals surface area contributed by atoms with Crippen LogP contribution >= 0.6 is 0 Å². The summed E-state index contributed by atoms with van der Waals surface area (Å²) in [4.78, 5) is 32.0. The van der Waals surface area contributed by atoms with Crippen molar-refractivity contribution in [3.8, 4) is 0 Å². The molecule has 0 bridgehead atoms. The smallest absolute Gasteiger partial charge is 0.369 e. The van der Waals surface area contributed by atoms with Gasteiger partial charge in [0, 0.05) is 31.9 Å². The van der Waals surface area contributed by atoms with Gasteiger partial charge in [-0.25, -0.2) is 9.69 Å². The van der Waals surface area contributed by atoms with E-state index in [2.05, 4.69) is 5.32 Å². The summed E-state index contributed by atoms with van der Waals surface area (Å²) < 4.78 is 39.3. The monoisotopic (exact) mass is 494 g/mol. The number of alkyl halides is 3. The molecule has 2 fully saturated rings. The van der Waals surface area contributed by atoms with Gasteiger partial charge in [-0.05, 0) is 29.3 Å². The molecule has 0 aromatic heterocycles. The zero-order valence-electron chi connectivity index (χ0n) is 19.4. The zero-order chi connectivity index (χ0) is 25.3. The predicted molar refractivity (Wildman–Crippen MR) is 129 cm³/mol. The van der Waals surface area contributed by atoms with Crippen molar-refractivity contribution in [1.82, 2.24) is 15.1 Å². The van der Waals surface area contributed by atoms with Gasteiger partial charge in [0.25, 0.3) is 5.91 Å². The van der Waals surface area contributed by atoms with E-state index in [1.807, 2.05) is 70.5 Å². The largest absolute Gasteiger partial charge is 0.416 e. The quantitative estimate of drug-likeness (QED) is 0.538. The van der Waals surface area contributed by atoms with Gasteiger partial charge in [-0.3, -0.25) is 9.69 Å². The molecule has 2 heterocycles. The number of nitrogens with one attached hydrogen (secondary N) is 1. The summed E-state index contributed by atoms with van der Waals surface area (Å²) in [6, 6.07) is 23.1. The summed E-state index contributed by atoms with van der Waals surface area (Å²) in [6.45, 7) is 2.05. The van der Waals surface area contributed by atoms with Crippen LogP contribution in [0, 0.1) is 0 Å². The summed E-state index contributed by atoms with van der Waals surface area (Å²) in [5.41, 5.74) is -0.149. The van der Waals surface area contributed by atoms with Crippen LogP contribution in [0.15, 0.2) is 84.9 Å². The molecule has 3 amide bonds. The number of amides is 3. The van der Waals surface area contributed by atoms with E-state index in [-0.39, 0.29) is 12.6 Å². The molecule has 0 radical (unpaired) electrons. The molecule has 3 aromatic rings. The van der Waals surface area contributed by atoms with E-state index >= 15 is 0 Å². The summed E-state index contributed by atoms with van der Waals surface area (Å²) in [5.74, 6) is -0.356.